The van der Waals surface area contributed by atoms with Gasteiger partial charge in [-0.25, -0.2) is 13.8 Å². The molecule has 1 aromatic heterocycles. The van der Waals surface area contributed by atoms with Gasteiger partial charge in [-0.1, -0.05) is 0 Å². The Hall–Kier alpha value is -2.07. The maximum absolute atomic E-state index is 12.9. The van der Waals surface area contributed by atoms with E-state index in [9.17, 15) is 13.6 Å². The Morgan fingerprint density at radius 1 is 1.67 bits per heavy atom. The maximum Gasteiger partial charge on any atom is 0.311 e. The zero-order valence-electron chi connectivity index (χ0n) is 9.61. The van der Waals surface area contributed by atoms with Gasteiger partial charge in [-0.05, 0) is 11.6 Å². The SMILES string of the molecule is COC(=O)Cc1nc(C#N)cc(CN)c1C(F)F. The number of nitriles is 1. The number of methoxy groups -OCH3 is 1. The fourth-order valence-electron chi connectivity index (χ4n) is 1.50. The van der Waals surface area contributed by atoms with E-state index in [0.29, 0.717) is 0 Å². The van der Waals surface area contributed by atoms with Gasteiger partial charge in [0.25, 0.3) is 6.43 Å². The van der Waals surface area contributed by atoms with Gasteiger partial charge in [0, 0.05) is 12.1 Å². The minimum atomic E-state index is -2.82. The van der Waals surface area contributed by atoms with E-state index in [0.717, 1.165) is 7.11 Å². The van der Waals surface area contributed by atoms with E-state index in [4.69, 9.17) is 11.0 Å². The van der Waals surface area contributed by atoms with Crippen molar-refractivity contribution in [1.29, 1.82) is 5.26 Å². The van der Waals surface area contributed by atoms with Crippen LogP contribution in [0.1, 0.15) is 28.9 Å². The third kappa shape index (κ3) is 2.99. The van der Waals surface area contributed by atoms with E-state index in [2.05, 4.69) is 9.72 Å². The van der Waals surface area contributed by atoms with Crippen LogP contribution in [0.15, 0.2) is 6.07 Å². The van der Waals surface area contributed by atoms with Gasteiger partial charge in [-0.2, -0.15) is 5.26 Å². The molecule has 96 valence electrons. The second-order valence-electron chi connectivity index (χ2n) is 3.40. The van der Waals surface area contributed by atoms with Gasteiger partial charge >= 0.3 is 5.97 Å². The Bertz CT molecular complexity index is 498. The highest BCUT2D eigenvalue weighted by atomic mass is 19.3. The molecule has 0 radical (unpaired) electrons. The largest absolute Gasteiger partial charge is 0.469 e. The number of rotatable bonds is 4. The molecule has 0 saturated carbocycles. The summed E-state index contributed by atoms with van der Waals surface area (Å²) in [4.78, 5) is 14.8. The van der Waals surface area contributed by atoms with Crippen molar-refractivity contribution in [1.82, 2.24) is 4.98 Å². The summed E-state index contributed by atoms with van der Waals surface area (Å²) in [5, 5.41) is 8.75. The predicted octanol–water partition coefficient (Wildman–Crippen LogP) is 1.07. The molecule has 0 aliphatic rings. The Morgan fingerprint density at radius 2 is 2.33 bits per heavy atom. The number of carbonyl (C=O) groups is 1. The molecule has 2 N–H and O–H groups in total. The van der Waals surface area contributed by atoms with Crippen molar-refractivity contribution in [2.45, 2.75) is 19.4 Å². The van der Waals surface area contributed by atoms with Gasteiger partial charge < -0.3 is 10.5 Å². The normalized spacial score (nSPS) is 10.2. The summed E-state index contributed by atoms with van der Waals surface area (Å²) in [6, 6.07) is 2.93. The van der Waals surface area contributed by atoms with Crippen molar-refractivity contribution in [3.8, 4) is 6.07 Å². The molecule has 0 fully saturated rings. The van der Waals surface area contributed by atoms with Crippen LogP contribution in [0.5, 0.6) is 0 Å². The highest BCUT2D eigenvalue weighted by Crippen LogP contribution is 2.27. The smallest absolute Gasteiger partial charge is 0.311 e. The van der Waals surface area contributed by atoms with Gasteiger partial charge in [0.2, 0.25) is 0 Å². The van der Waals surface area contributed by atoms with Crippen LogP contribution in [-0.4, -0.2) is 18.1 Å². The fraction of sp³-hybridized carbons (Fsp3) is 0.364. The number of carbonyl (C=O) groups excluding carboxylic acids is 1. The standard InChI is InChI=1S/C11H11F2N3O2/c1-18-9(17)3-8-10(11(12)13)6(4-14)2-7(5-15)16-8/h2,11H,3-4,14H2,1H3. The molecule has 1 aromatic rings. The van der Waals surface area contributed by atoms with Crippen molar-refractivity contribution in [2.75, 3.05) is 7.11 Å². The molecule has 0 aliphatic heterocycles. The fourth-order valence-corrected chi connectivity index (χ4v) is 1.50. The highest BCUT2D eigenvalue weighted by Gasteiger charge is 2.22. The van der Waals surface area contributed by atoms with Gasteiger partial charge in [0.05, 0.1) is 19.2 Å². The third-order valence-electron chi connectivity index (χ3n) is 2.32. The third-order valence-corrected chi connectivity index (χ3v) is 2.32. The summed E-state index contributed by atoms with van der Waals surface area (Å²) in [5.74, 6) is -0.706. The van der Waals surface area contributed by atoms with Crippen molar-refractivity contribution < 1.29 is 18.3 Å². The van der Waals surface area contributed by atoms with Crippen LogP contribution in [0.3, 0.4) is 0 Å². The van der Waals surface area contributed by atoms with E-state index in [1.165, 1.54) is 6.07 Å². The second kappa shape index (κ2) is 6.02. The van der Waals surface area contributed by atoms with E-state index in [1.807, 2.05) is 0 Å². The molecule has 1 heterocycles. The van der Waals surface area contributed by atoms with Crippen LogP contribution < -0.4 is 5.73 Å². The number of alkyl halides is 2. The first kappa shape index (κ1) is 14.0. The minimum Gasteiger partial charge on any atom is -0.469 e. The van der Waals surface area contributed by atoms with Crippen LogP contribution in [0.2, 0.25) is 0 Å². The first-order valence-corrected chi connectivity index (χ1v) is 5.01. The van der Waals surface area contributed by atoms with Gasteiger partial charge in [-0.15, -0.1) is 0 Å². The van der Waals surface area contributed by atoms with Crippen molar-refractivity contribution in [2.24, 2.45) is 5.73 Å². The summed E-state index contributed by atoms with van der Waals surface area (Å²) in [6.45, 7) is -0.162. The summed E-state index contributed by atoms with van der Waals surface area (Å²) < 4.78 is 30.3. The molecule has 0 saturated heterocycles. The quantitative estimate of drug-likeness (QED) is 0.813. The average molecular weight is 255 g/mol. The van der Waals surface area contributed by atoms with Crippen molar-refractivity contribution in [3.63, 3.8) is 0 Å². The number of hydrogen-bond donors (Lipinski definition) is 1. The van der Waals surface area contributed by atoms with Crippen LogP contribution in [-0.2, 0) is 22.5 Å². The Morgan fingerprint density at radius 3 is 2.78 bits per heavy atom. The summed E-state index contributed by atoms with van der Waals surface area (Å²) in [6.07, 6.45) is -3.23. The molecule has 0 aliphatic carbocycles. The molecule has 0 bridgehead atoms. The van der Waals surface area contributed by atoms with Crippen LogP contribution in [0, 0.1) is 11.3 Å². The van der Waals surface area contributed by atoms with Gasteiger partial charge in [-0.3, -0.25) is 4.79 Å². The van der Waals surface area contributed by atoms with Crippen LogP contribution >= 0.6 is 0 Å². The summed E-state index contributed by atoms with van der Waals surface area (Å²) >= 11 is 0. The number of esters is 1. The zero-order chi connectivity index (χ0) is 13.7. The van der Waals surface area contributed by atoms with Gasteiger partial charge in [0.1, 0.15) is 11.8 Å². The lowest BCUT2D eigenvalue weighted by molar-refractivity contribution is -0.139. The lowest BCUT2D eigenvalue weighted by atomic mass is 10.0. The van der Waals surface area contributed by atoms with E-state index in [1.54, 1.807) is 6.07 Å². The number of halogens is 2. The predicted molar refractivity (Wildman–Crippen MR) is 57.5 cm³/mol. The van der Waals surface area contributed by atoms with E-state index >= 15 is 0 Å². The lowest BCUT2D eigenvalue weighted by Gasteiger charge is -2.12. The average Bonchev–Trinajstić information content (AvgIpc) is 2.36. The molecular formula is C11H11F2N3O2. The Kier molecular flexibility index (Phi) is 4.68. The molecule has 18 heavy (non-hydrogen) atoms. The summed E-state index contributed by atoms with van der Waals surface area (Å²) in [5.41, 5.74) is 4.84. The number of hydrogen-bond acceptors (Lipinski definition) is 5. The molecule has 0 atom stereocenters. The number of aromatic nitrogens is 1. The first-order chi connectivity index (χ1) is 8.53. The molecule has 0 spiro atoms. The summed E-state index contributed by atoms with van der Waals surface area (Å²) in [7, 11) is 1.14. The minimum absolute atomic E-state index is 0.0567. The van der Waals surface area contributed by atoms with E-state index in [-0.39, 0.29) is 23.5 Å². The molecule has 1 rings (SSSR count). The van der Waals surface area contributed by atoms with E-state index < -0.39 is 24.4 Å². The van der Waals surface area contributed by atoms with Crippen molar-refractivity contribution >= 4 is 5.97 Å². The van der Waals surface area contributed by atoms with Gasteiger partial charge in [0.15, 0.2) is 0 Å². The maximum atomic E-state index is 12.9. The topological polar surface area (TPSA) is 89.0 Å². The first-order valence-electron chi connectivity index (χ1n) is 5.01. The number of ether oxygens (including phenoxy) is 1. The zero-order valence-corrected chi connectivity index (χ0v) is 9.61. The molecular weight excluding hydrogens is 244 g/mol. The van der Waals surface area contributed by atoms with Crippen LogP contribution in [0.4, 0.5) is 8.78 Å². The highest BCUT2D eigenvalue weighted by molar-refractivity contribution is 5.72. The molecule has 0 amide bonds. The Labute approximate surface area is 102 Å². The molecule has 5 nitrogen and oxygen atoms in total. The number of nitrogens with zero attached hydrogens (tertiary/aromatic N) is 2. The lowest BCUT2D eigenvalue weighted by Crippen LogP contribution is -2.14. The molecule has 7 heteroatoms. The number of pyridine rings is 1. The van der Waals surface area contributed by atoms with Crippen LogP contribution in [0.25, 0.3) is 0 Å². The Balaban J connectivity index is 3.35. The molecule has 0 aromatic carbocycles. The van der Waals surface area contributed by atoms with Crippen molar-refractivity contribution in [3.05, 3.63) is 28.6 Å². The monoisotopic (exact) mass is 255 g/mol. The molecule has 0 unspecified atom stereocenters. The second-order valence-corrected chi connectivity index (χ2v) is 3.40. The number of nitrogens with two attached hydrogens (primary N) is 1.